The number of carbonyl (C=O) groups is 1. The third-order valence-corrected chi connectivity index (χ3v) is 6.66. The molecule has 0 fully saturated rings. The van der Waals surface area contributed by atoms with Crippen LogP contribution in [0.15, 0.2) is 76.5 Å². The molecule has 0 heterocycles. The predicted octanol–water partition coefficient (Wildman–Crippen LogP) is 5.82. The van der Waals surface area contributed by atoms with Crippen LogP contribution in [-0.4, -0.2) is 20.7 Å². The molecule has 0 saturated heterocycles. The number of sulfonamides is 1. The zero-order chi connectivity index (χ0) is 21.7. The number of thioether (sulfide) groups is 1. The van der Waals surface area contributed by atoms with E-state index in [4.69, 9.17) is 11.6 Å². The molecule has 0 atom stereocenters. The smallest absolute Gasteiger partial charge is 0.308 e. The molecule has 0 aliphatic rings. The summed E-state index contributed by atoms with van der Waals surface area (Å²) in [6, 6.07) is 18.0. The van der Waals surface area contributed by atoms with Gasteiger partial charge < -0.3 is 10.6 Å². The molecule has 2 amide bonds. The Hall–Kier alpha value is -2.68. The molecule has 3 aromatic rings. The lowest BCUT2D eigenvalue weighted by Gasteiger charge is -2.13. The van der Waals surface area contributed by atoms with Gasteiger partial charge in [0.15, 0.2) is 0 Å². The summed E-state index contributed by atoms with van der Waals surface area (Å²) < 4.78 is 28.2. The van der Waals surface area contributed by atoms with E-state index in [0.29, 0.717) is 27.6 Å². The van der Waals surface area contributed by atoms with E-state index in [-0.39, 0.29) is 4.90 Å². The Morgan fingerprint density at radius 1 is 0.900 bits per heavy atom. The highest BCUT2D eigenvalue weighted by molar-refractivity contribution is 7.98. The van der Waals surface area contributed by atoms with Gasteiger partial charge >= 0.3 is 6.03 Å². The lowest BCUT2D eigenvalue weighted by molar-refractivity contribution is 0.262. The number of anilines is 3. The van der Waals surface area contributed by atoms with Crippen molar-refractivity contribution in [2.75, 3.05) is 21.6 Å². The van der Waals surface area contributed by atoms with Crippen LogP contribution in [0.1, 0.15) is 5.56 Å². The Labute approximate surface area is 185 Å². The van der Waals surface area contributed by atoms with Crippen LogP contribution in [0.2, 0.25) is 5.02 Å². The predicted molar refractivity (Wildman–Crippen MR) is 124 cm³/mol. The van der Waals surface area contributed by atoms with Crippen LogP contribution in [0.5, 0.6) is 0 Å². The molecule has 0 radical (unpaired) electrons. The van der Waals surface area contributed by atoms with Gasteiger partial charge in [0.25, 0.3) is 10.0 Å². The Bertz CT molecular complexity index is 1170. The molecule has 0 bridgehead atoms. The van der Waals surface area contributed by atoms with Crippen LogP contribution in [-0.2, 0) is 10.0 Å². The van der Waals surface area contributed by atoms with Crippen molar-refractivity contribution >= 4 is 56.5 Å². The summed E-state index contributed by atoms with van der Waals surface area (Å²) in [5.41, 5.74) is 1.94. The second-order valence-corrected chi connectivity index (χ2v) is 9.37. The zero-order valence-corrected chi connectivity index (χ0v) is 18.7. The molecule has 3 rings (SSSR count). The monoisotopic (exact) mass is 461 g/mol. The molecule has 6 nitrogen and oxygen atoms in total. The van der Waals surface area contributed by atoms with E-state index < -0.39 is 16.1 Å². The first-order valence-corrected chi connectivity index (χ1v) is 12.0. The number of carbonyl (C=O) groups excluding carboxylic acids is 1. The summed E-state index contributed by atoms with van der Waals surface area (Å²) in [5, 5.41) is 5.92. The van der Waals surface area contributed by atoms with Crippen molar-refractivity contribution in [2.45, 2.75) is 16.7 Å². The number of benzene rings is 3. The minimum Gasteiger partial charge on any atom is -0.308 e. The summed E-state index contributed by atoms with van der Waals surface area (Å²) in [6.45, 7) is 1.69. The van der Waals surface area contributed by atoms with Crippen molar-refractivity contribution in [3.63, 3.8) is 0 Å². The summed E-state index contributed by atoms with van der Waals surface area (Å²) in [7, 11) is -3.85. The maximum absolute atomic E-state index is 12.8. The Balaban J connectivity index is 1.76. The third kappa shape index (κ3) is 5.69. The van der Waals surface area contributed by atoms with Crippen molar-refractivity contribution in [2.24, 2.45) is 0 Å². The van der Waals surface area contributed by atoms with Crippen LogP contribution in [0, 0.1) is 6.92 Å². The second kappa shape index (κ2) is 9.42. The van der Waals surface area contributed by atoms with Gasteiger partial charge in [0.05, 0.1) is 4.90 Å². The molecular formula is C21H20ClN3O3S2. The second-order valence-electron chi connectivity index (χ2n) is 6.40. The number of nitrogens with one attached hydrogen (secondary N) is 3. The fourth-order valence-electron chi connectivity index (χ4n) is 2.69. The number of amides is 2. The minimum atomic E-state index is -3.85. The molecule has 3 aromatic carbocycles. The molecule has 156 valence electrons. The van der Waals surface area contributed by atoms with Gasteiger partial charge in [0.1, 0.15) is 0 Å². The zero-order valence-electron chi connectivity index (χ0n) is 16.3. The standard InChI is InChI=1S/C21H20ClN3O3S2/c1-14-6-9-18(24-21(26)23-17-4-3-5-19(12-17)29-2)13-20(14)30(27,28)25-16-10-7-15(22)8-11-16/h3-13,25H,1-2H3,(H2,23,24,26). The fraction of sp³-hybridized carbons (Fsp3) is 0.0952. The lowest BCUT2D eigenvalue weighted by Crippen LogP contribution is -2.20. The van der Waals surface area contributed by atoms with E-state index in [1.165, 1.54) is 6.07 Å². The molecule has 3 N–H and O–H groups in total. The summed E-state index contributed by atoms with van der Waals surface area (Å²) in [5.74, 6) is 0. The van der Waals surface area contributed by atoms with Crippen LogP contribution in [0.4, 0.5) is 21.9 Å². The summed E-state index contributed by atoms with van der Waals surface area (Å²) in [6.07, 6.45) is 1.95. The van der Waals surface area contributed by atoms with E-state index in [1.807, 2.05) is 24.5 Å². The van der Waals surface area contributed by atoms with E-state index in [2.05, 4.69) is 15.4 Å². The molecule has 0 spiro atoms. The molecule has 0 unspecified atom stereocenters. The SMILES string of the molecule is CSc1cccc(NC(=O)Nc2ccc(C)c(S(=O)(=O)Nc3ccc(Cl)cc3)c2)c1. The van der Waals surface area contributed by atoms with Gasteiger partial charge in [-0.2, -0.15) is 0 Å². The normalized spacial score (nSPS) is 11.0. The first kappa shape index (κ1) is 22.0. The van der Waals surface area contributed by atoms with Gasteiger partial charge in [-0.05, 0) is 73.3 Å². The summed E-state index contributed by atoms with van der Waals surface area (Å²) >= 11 is 7.41. The molecule has 0 aliphatic heterocycles. The van der Waals surface area contributed by atoms with Crippen molar-refractivity contribution < 1.29 is 13.2 Å². The molecule has 0 aliphatic carbocycles. The number of urea groups is 1. The Morgan fingerprint density at radius 2 is 1.53 bits per heavy atom. The number of halogens is 1. The highest BCUT2D eigenvalue weighted by Gasteiger charge is 2.18. The third-order valence-electron chi connectivity index (χ3n) is 4.16. The van der Waals surface area contributed by atoms with Gasteiger partial charge in [-0.25, -0.2) is 13.2 Å². The topological polar surface area (TPSA) is 87.3 Å². The first-order chi connectivity index (χ1) is 14.3. The molecule has 0 saturated carbocycles. The largest absolute Gasteiger partial charge is 0.323 e. The minimum absolute atomic E-state index is 0.0691. The fourth-order valence-corrected chi connectivity index (χ4v) is 4.61. The average molecular weight is 462 g/mol. The van der Waals surface area contributed by atoms with Crippen LogP contribution in [0.25, 0.3) is 0 Å². The number of aryl methyl sites for hydroxylation is 1. The Morgan fingerprint density at radius 3 is 2.20 bits per heavy atom. The first-order valence-electron chi connectivity index (χ1n) is 8.88. The molecular weight excluding hydrogens is 442 g/mol. The van der Waals surface area contributed by atoms with E-state index in [1.54, 1.807) is 61.2 Å². The van der Waals surface area contributed by atoms with Crippen LogP contribution in [0.3, 0.4) is 0 Å². The van der Waals surface area contributed by atoms with E-state index in [0.717, 1.165) is 4.90 Å². The van der Waals surface area contributed by atoms with Gasteiger partial charge in [-0.15, -0.1) is 11.8 Å². The van der Waals surface area contributed by atoms with Crippen molar-refractivity contribution in [3.05, 3.63) is 77.3 Å². The van der Waals surface area contributed by atoms with E-state index in [9.17, 15) is 13.2 Å². The van der Waals surface area contributed by atoms with Crippen LogP contribution >= 0.6 is 23.4 Å². The maximum Gasteiger partial charge on any atom is 0.323 e. The lowest BCUT2D eigenvalue weighted by atomic mass is 10.2. The van der Waals surface area contributed by atoms with Crippen molar-refractivity contribution in [1.29, 1.82) is 0 Å². The van der Waals surface area contributed by atoms with Gasteiger partial charge in [-0.1, -0.05) is 23.7 Å². The average Bonchev–Trinajstić information content (AvgIpc) is 2.71. The number of rotatable bonds is 6. The van der Waals surface area contributed by atoms with Gasteiger partial charge in [0.2, 0.25) is 0 Å². The molecule has 9 heteroatoms. The highest BCUT2D eigenvalue weighted by Crippen LogP contribution is 2.24. The number of hydrogen-bond acceptors (Lipinski definition) is 4. The Kier molecular flexibility index (Phi) is 6.91. The van der Waals surface area contributed by atoms with Crippen LogP contribution < -0.4 is 15.4 Å². The highest BCUT2D eigenvalue weighted by atomic mass is 35.5. The quantitative estimate of drug-likeness (QED) is 0.404. The van der Waals surface area contributed by atoms with Gasteiger partial charge in [0, 0.05) is 27.0 Å². The number of hydrogen-bond donors (Lipinski definition) is 3. The van der Waals surface area contributed by atoms with Crippen molar-refractivity contribution in [3.8, 4) is 0 Å². The maximum atomic E-state index is 12.8. The van der Waals surface area contributed by atoms with Crippen molar-refractivity contribution in [1.82, 2.24) is 0 Å². The van der Waals surface area contributed by atoms with E-state index >= 15 is 0 Å². The molecule has 30 heavy (non-hydrogen) atoms. The van der Waals surface area contributed by atoms with Gasteiger partial charge in [-0.3, -0.25) is 4.72 Å². The summed E-state index contributed by atoms with van der Waals surface area (Å²) in [4.78, 5) is 13.4. The molecule has 0 aromatic heterocycles.